The van der Waals surface area contributed by atoms with E-state index >= 15 is 0 Å². The number of ether oxygens (including phenoxy) is 1. The van der Waals surface area contributed by atoms with Crippen molar-refractivity contribution in [2.75, 3.05) is 19.6 Å². The number of benzene rings is 3. The van der Waals surface area contributed by atoms with E-state index in [-0.39, 0.29) is 35.9 Å². The van der Waals surface area contributed by atoms with Gasteiger partial charge in [-0.1, -0.05) is 72.8 Å². The van der Waals surface area contributed by atoms with Crippen LogP contribution in [0.4, 0.5) is 0 Å². The minimum Gasteiger partial charge on any atom is -0.365 e. The van der Waals surface area contributed by atoms with Crippen molar-refractivity contribution in [3.8, 4) is 0 Å². The van der Waals surface area contributed by atoms with Crippen LogP contribution in [0, 0.1) is 0 Å². The summed E-state index contributed by atoms with van der Waals surface area (Å²) in [5.74, 6) is 0. The average Bonchev–Trinajstić information content (AvgIpc) is 2.96. The van der Waals surface area contributed by atoms with E-state index in [4.69, 9.17) is 4.74 Å². The van der Waals surface area contributed by atoms with Gasteiger partial charge in [-0.25, -0.2) is 4.79 Å². The van der Waals surface area contributed by atoms with Crippen molar-refractivity contribution in [3.05, 3.63) is 117 Å². The highest BCUT2D eigenvalue weighted by molar-refractivity contribution is 5.85. The average molecular weight is 576 g/mol. The van der Waals surface area contributed by atoms with E-state index in [2.05, 4.69) is 53.4 Å². The third kappa shape index (κ3) is 7.18. The normalized spacial score (nSPS) is 14.8. The van der Waals surface area contributed by atoms with Crippen LogP contribution in [0.3, 0.4) is 0 Å². The van der Waals surface area contributed by atoms with Crippen LogP contribution in [0.2, 0.25) is 0 Å². The maximum Gasteiger partial charge on any atom is 0.331 e. The third-order valence-electron chi connectivity index (χ3n) is 7.90. The van der Waals surface area contributed by atoms with Gasteiger partial charge in [-0.05, 0) is 76.3 Å². The topological polar surface area (TPSA) is 56.5 Å². The van der Waals surface area contributed by atoms with Gasteiger partial charge in [0.2, 0.25) is 0 Å². The molecule has 4 aromatic rings. The van der Waals surface area contributed by atoms with E-state index in [1.807, 2.05) is 57.2 Å². The number of hydrogen-bond acceptors (Lipinski definition) is 4. The lowest BCUT2D eigenvalue weighted by Crippen LogP contribution is -2.47. The van der Waals surface area contributed by atoms with Crippen LogP contribution in [0.5, 0.6) is 0 Å². The highest BCUT2D eigenvalue weighted by atomic mass is 35.5. The van der Waals surface area contributed by atoms with Gasteiger partial charge < -0.3 is 9.64 Å². The van der Waals surface area contributed by atoms with Crippen molar-refractivity contribution >= 4 is 23.3 Å². The molecule has 0 spiro atoms. The van der Waals surface area contributed by atoms with Crippen LogP contribution in [0.1, 0.15) is 63.7 Å². The van der Waals surface area contributed by atoms with Gasteiger partial charge >= 0.3 is 5.69 Å². The number of para-hydroxylation sites is 1. The summed E-state index contributed by atoms with van der Waals surface area (Å²) in [5, 5.41) is 0.600. The minimum absolute atomic E-state index is 0. The Morgan fingerprint density at radius 3 is 1.90 bits per heavy atom. The monoisotopic (exact) mass is 575 g/mol. The molecule has 1 aliphatic heterocycles. The first kappa shape index (κ1) is 30.8. The molecule has 0 unspecified atom stereocenters. The summed E-state index contributed by atoms with van der Waals surface area (Å²) in [5.41, 5.74) is 2.10. The van der Waals surface area contributed by atoms with E-state index in [1.54, 1.807) is 4.57 Å². The number of halogens is 1. The second kappa shape index (κ2) is 13.6. The molecule has 0 amide bonds. The lowest BCUT2D eigenvalue weighted by atomic mass is 10.00. The number of aromatic nitrogens is 2. The first-order valence-electron chi connectivity index (χ1n) is 14.6. The van der Waals surface area contributed by atoms with Crippen molar-refractivity contribution in [1.82, 2.24) is 14.0 Å². The van der Waals surface area contributed by atoms with E-state index < -0.39 is 5.54 Å². The zero-order valence-electron chi connectivity index (χ0n) is 24.4. The van der Waals surface area contributed by atoms with Gasteiger partial charge in [-0.3, -0.25) is 13.9 Å². The molecular formula is C34H42ClN3O3. The Labute approximate surface area is 249 Å². The van der Waals surface area contributed by atoms with E-state index in [0.717, 1.165) is 50.8 Å². The van der Waals surface area contributed by atoms with Crippen molar-refractivity contribution in [1.29, 1.82) is 0 Å². The lowest BCUT2D eigenvalue weighted by molar-refractivity contribution is -0.0271. The zero-order valence-corrected chi connectivity index (χ0v) is 25.2. The van der Waals surface area contributed by atoms with Gasteiger partial charge in [0.1, 0.15) is 6.10 Å². The lowest BCUT2D eigenvalue weighted by Gasteiger charge is -2.34. The molecule has 0 atom stereocenters. The maximum absolute atomic E-state index is 13.4. The predicted molar refractivity (Wildman–Crippen MR) is 169 cm³/mol. The third-order valence-corrected chi connectivity index (χ3v) is 7.90. The molecule has 1 aliphatic rings. The highest BCUT2D eigenvalue weighted by Crippen LogP contribution is 2.30. The molecule has 218 valence electrons. The Hall–Kier alpha value is -3.19. The number of piperidine rings is 1. The van der Waals surface area contributed by atoms with Gasteiger partial charge in [0.05, 0.1) is 17.0 Å². The second-order valence-electron chi connectivity index (χ2n) is 11.8. The Kier molecular flexibility index (Phi) is 10.2. The van der Waals surface area contributed by atoms with Crippen molar-refractivity contribution < 1.29 is 4.74 Å². The second-order valence-corrected chi connectivity index (χ2v) is 11.8. The smallest absolute Gasteiger partial charge is 0.331 e. The molecule has 1 fully saturated rings. The van der Waals surface area contributed by atoms with E-state index in [1.165, 1.54) is 15.7 Å². The largest absolute Gasteiger partial charge is 0.365 e. The molecule has 0 N–H and O–H groups in total. The molecule has 0 radical (unpaired) electrons. The highest BCUT2D eigenvalue weighted by Gasteiger charge is 2.25. The Morgan fingerprint density at radius 2 is 1.32 bits per heavy atom. The van der Waals surface area contributed by atoms with Gasteiger partial charge in [0, 0.05) is 25.2 Å². The number of fused-ring (bicyclic) bond motifs is 1. The van der Waals surface area contributed by atoms with E-state index in [0.29, 0.717) is 11.9 Å². The fraction of sp³-hybridized carbons (Fsp3) is 0.412. The Morgan fingerprint density at radius 1 is 0.780 bits per heavy atom. The maximum atomic E-state index is 13.4. The minimum atomic E-state index is -0.577. The van der Waals surface area contributed by atoms with Crippen LogP contribution in [-0.2, 0) is 16.8 Å². The molecule has 41 heavy (non-hydrogen) atoms. The standard InChI is InChI=1S/C34H41N3O3.ClH/c1-34(2,3)37-32(38)29-18-10-11-19-30(29)36(33(37)39)23-13-12-22-35-24-20-28(21-25-35)40-31(26-14-6-4-7-15-26)27-16-8-5-9-17-27;/h4-11,14-19,28,31H,12-13,20-25H2,1-3H3;1H. The first-order valence-corrected chi connectivity index (χ1v) is 14.6. The fourth-order valence-corrected chi connectivity index (χ4v) is 5.80. The summed E-state index contributed by atoms with van der Waals surface area (Å²) >= 11 is 0. The molecule has 7 heteroatoms. The number of hydrogen-bond donors (Lipinski definition) is 0. The number of likely N-dealkylation sites (tertiary alicyclic amines) is 1. The van der Waals surface area contributed by atoms with Crippen molar-refractivity contribution in [2.45, 2.75) is 70.7 Å². The van der Waals surface area contributed by atoms with Gasteiger partial charge in [-0.15, -0.1) is 12.4 Å². The van der Waals surface area contributed by atoms with Crippen LogP contribution < -0.4 is 11.2 Å². The van der Waals surface area contributed by atoms with Crippen molar-refractivity contribution in [3.63, 3.8) is 0 Å². The zero-order chi connectivity index (χ0) is 28.1. The molecule has 3 aromatic carbocycles. The van der Waals surface area contributed by atoms with Crippen LogP contribution in [-0.4, -0.2) is 39.8 Å². The first-order chi connectivity index (χ1) is 19.3. The summed E-state index contributed by atoms with van der Waals surface area (Å²) in [6.07, 6.45) is 4.08. The number of nitrogens with zero attached hydrogens (tertiary/aromatic N) is 3. The number of unbranched alkanes of at least 4 members (excludes halogenated alkanes) is 1. The molecule has 1 saturated heterocycles. The number of aryl methyl sites for hydroxylation is 1. The van der Waals surface area contributed by atoms with Gasteiger partial charge in [0.15, 0.2) is 0 Å². The molecule has 2 heterocycles. The van der Waals surface area contributed by atoms with E-state index in [9.17, 15) is 9.59 Å². The summed E-state index contributed by atoms with van der Waals surface area (Å²) in [6, 6.07) is 28.4. The quantitative estimate of drug-likeness (QED) is 0.217. The molecule has 0 aliphatic carbocycles. The SMILES string of the molecule is CC(C)(C)n1c(=O)c2ccccc2n(CCCCN2CCC(OC(c3ccccc3)c3ccccc3)CC2)c1=O.Cl. The number of rotatable bonds is 9. The van der Waals surface area contributed by atoms with Crippen LogP contribution in [0.25, 0.3) is 10.9 Å². The van der Waals surface area contributed by atoms with Crippen molar-refractivity contribution in [2.24, 2.45) is 0 Å². The molecule has 0 saturated carbocycles. The summed E-state index contributed by atoms with van der Waals surface area (Å²) in [6.45, 7) is 9.35. The predicted octanol–water partition coefficient (Wildman–Crippen LogP) is 6.39. The summed E-state index contributed by atoms with van der Waals surface area (Å²) in [7, 11) is 0. The molecule has 5 rings (SSSR count). The Balaban J connectivity index is 0.00000387. The molecule has 6 nitrogen and oxygen atoms in total. The summed E-state index contributed by atoms with van der Waals surface area (Å²) in [4.78, 5) is 29.0. The van der Waals surface area contributed by atoms with Crippen LogP contribution >= 0.6 is 12.4 Å². The molecular weight excluding hydrogens is 534 g/mol. The van der Waals surface area contributed by atoms with Gasteiger partial charge in [-0.2, -0.15) is 0 Å². The van der Waals surface area contributed by atoms with Crippen LogP contribution in [0.15, 0.2) is 94.5 Å². The fourth-order valence-electron chi connectivity index (χ4n) is 5.80. The summed E-state index contributed by atoms with van der Waals surface area (Å²) < 4.78 is 9.89. The Bertz CT molecular complexity index is 1480. The molecule has 1 aromatic heterocycles. The van der Waals surface area contributed by atoms with Gasteiger partial charge in [0.25, 0.3) is 5.56 Å². The molecule has 0 bridgehead atoms.